The van der Waals surface area contributed by atoms with Crippen molar-refractivity contribution in [2.24, 2.45) is 11.8 Å². The predicted molar refractivity (Wildman–Crippen MR) is 54.2 cm³/mol. The highest BCUT2D eigenvalue weighted by Crippen LogP contribution is 2.28. The molecule has 1 nitrogen and oxygen atoms in total. The lowest BCUT2D eigenvalue weighted by atomic mass is 9.81. The van der Waals surface area contributed by atoms with Crippen LogP contribution in [0.4, 0.5) is 0 Å². The quantitative estimate of drug-likeness (QED) is 0.644. The molecule has 0 aliphatic heterocycles. The van der Waals surface area contributed by atoms with Crippen molar-refractivity contribution in [2.45, 2.75) is 52.9 Å². The van der Waals surface area contributed by atoms with Gasteiger partial charge in [0.05, 0.1) is 0 Å². The Balaban J connectivity index is 0.000000354. The molecule has 0 aromatic heterocycles. The molecule has 0 aromatic rings. The molecule has 1 aliphatic carbocycles. The van der Waals surface area contributed by atoms with Crippen LogP contribution in [0.1, 0.15) is 52.9 Å². The molecule has 2 atom stereocenters. The molecule has 1 N–H and O–H groups in total. The number of hydrogen-bond acceptors (Lipinski definition) is 1. The Morgan fingerprint density at radius 2 is 1.67 bits per heavy atom. The third-order valence-corrected chi connectivity index (χ3v) is 2.52. The van der Waals surface area contributed by atoms with E-state index in [0.29, 0.717) is 12.5 Å². The SMILES string of the molecule is CCC.C[C@@H]1CCCC[C@@H]1CO. The van der Waals surface area contributed by atoms with Gasteiger partial charge in [-0.05, 0) is 18.3 Å². The van der Waals surface area contributed by atoms with Crippen LogP contribution in [0.3, 0.4) is 0 Å². The minimum absolute atomic E-state index is 0.404. The first-order valence-corrected chi connectivity index (χ1v) is 5.37. The molecule has 1 saturated carbocycles. The van der Waals surface area contributed by atoms with E-state index in [0.717, 1.165) is 5.92 Å². The van der Waals surface area contributed by atoms with Crippen LogP contribution in [0.25, 0.3) is 0 Å². The fraction of sp³-hybridized carbons (Fsp3) is 1.00. The van der Waals surface area contributed by atoms with Crippen LogP contribution in [0.5, 0.6) is 0 Å². The summed E-state index contributed by atoms with van der Waals surface area (Å²) in [7, 11) is 0. The van der Waals surface area contributed by atoms with Gasteiger partial charge in [0, 0.05) is 6.61 Å². The van der Waals surface area contributed by atoms with Crippen LogP contribution < -0.4 is 0 Å². The monoisotopic (exact) mass is 172 g/mol. The van der Waals surface area contributed by atoms with Crippen molar-refractivity contribution in [3.63, 3.8) is 0 Å². The maximum Gasteiger partial charge on any atom is 0.0461 e. The normalized spacial score (nSPS) is 29.0. The van der Waals surface area contributed by atoms with Gasteiger partial charge in [-0.3, -0.25) is 0 Å². The van der Waals surface area contributed by atoms with Crippen molar-refractivity contribution < 1.29 is 5.11 Å². The van der Waals surface area contributed by atoms with Crippen LogP contribution in [-0.2, 0) is 0 Å². The van der Waals surface area contributed by atoms with E-state index < -0.39 is 0 Å². The fourth-order valence-corrected chi connectivity index (χ4v) is 1.66. The predicted octanol–water partition coefficient (Wildman–Crippen LogP) is 3.22. The van der Waals surface area contributed by atoms with Gasteiger partial charge in [-0.25, -0.2) is 0 Å². The first-order valence-electron chi connectivity index (χ1n) is 5.37. The minimum atomic E-state index is 0.404. The smallest absolute Gasteiger partial charge is 0.0461 e. The van der Waals surface area contributed by atoms with Crippen LogP contribution in [0.15, 0.2) is 0 Å². The Kier molecular flexibility index (Phi) is 7.58. The lowest BCUT2D eigenvalue weighted by Gasteiger charge is -2.26. The van der Waals surface area contributed by atoms with Gasteiger partial charge in [0.2, 0.25) is 0 Å². The highest BCUT2D eigenvalue weighted by molar-refractivity contribution is 4.70. The average molecular weight is 172 g/mol. The fourth-order valence-electron chi connectivity index (χ4n) is 1.66. The Labute approximate surface area is 77.2 Å². The van der Waals surface area contributed by atoms with Crippen molar-refractivity contribution in [1.82, 2.24) is 0 Å². The van der Waals surface area contributed by atoms with E-state index in [-0.39, 0.29) is 0 Å². The maximum absolute atomic E-state index is 8.86. The summed E-state index contributed by atoms with van der Waals surface area (Å²) in [5.41, 5.74) is 0. The summed E-state index contributed by atoms with van der Waals surface area (Å²) < 4.78 is 0. The van der Waals surface area contributed by atoms with Crippen LogP contribution in [0.2, 0.25) is 0 Å². The van der Waals surface area contributed by atoms with E-state index in [1.54, 1.807) is 0 Å². The van der Waals surface area contributed by atoms with Crippen molar-refractivity contribution in [3.05, 3.63) is 0 Å². The van der Waals surface area contributed by atoms with Gasteiger partial charge in [0.1, 0.15) is 0 Å². The summed E-state index contributed by atoms with van der Waals surface area (Å²) in [5, 5.41) is 8.86. The molecule has 1 rings (SSSR count). The lowest BCUT2D eigenvalue weighted by molar-refractivity contribution is 0.144. The number of hydrogen-bond donors (Lipinski definition) is 1. The average Bonchev–Trinajstić information content (AvgIpc) is 2.07. The first kappa shape index (κ1) is 12.0. The molecule has 0 unspecified atom stereocenters. The third-order valence-electron chi connectivity index (χ3n) is 2.52. The Morgan fingerprint density at radius 3 is 2.00 bits per heavy atom. The molecule has 0 bridgehead atoms. The van der Waals surface area contributed by atoms with Crippen molar-refractivity contribution in [2.75, 3.05) is 6.61 Å². The van der Waals surface area contributed by atoms with Gasteiger partial charge in [-0.2, -0.15) is 0 Å². The van der Waals surface area contributed by atoms with Gasteiger partial charge in [-0.15, -0.1) is 0 Å². The van der Waals surface area contributed by atoms with Crippen LogP contribution >= 0.6 is 0 Å². The maximum atomic E-state index is 8.86. The van der Waals surface area contributed by atoms with Gasteiger partial charge < -0.3 is 5.11 Å². The van der Waals surface area contributed by atoms with E-state index in [2.05, 4.69) is 20.8 Å². The Bertz CT molecular complexity index is 91.0. The Hall–Kier alpha value is -0.0400. The van der Waals surface area contributed by atoms with Crippen molar-refractivity contribution in [1.29, 1.82) is 0 Å². The molecule has 0 aromatic carbocycles. The molecule has 12 heavy (non-hydrogen) atoms. The zero-order valence-electron chi connectivity index (χ0n) is 8.84. The van der Waals surface area contributed by atoms with Crippen molar-refractivity contribution in [3.8, 4) is 0 Å². The van der Waals surface area contributed by atoms with E-state index in [1.807, 2.05) is 0 Å². The standard InChI is InChI=1S/C8H16O.C3H8/c1-7-4-2-3-5-8(7)6-9;1-3-2/h7-9H,2-6H2,1H3;3H2,1-2H3/t7-,8-;/m1./s1. The topological polar surface area (TPSA) is 20.2 Å². The van der Waals surface area contributed by atoms with Crippen molar-refractivity contribution >= 4 is 0 Å². The summed E-state index contributed by atoms with van der Waals surface area (Å²) in [4.78, 5) is 0. The molecular formula is C11H24O. The van der Waals surface area contributed by atoms with E-state index in [4.69, 9.17) is 5.11 Å². The molecule has 1 heteroatoms. The highest BCUT2D eigenvalue weighted by atomic mass is 16.3. The molecule has 74 valence electrons. The molecule has 1 fully saturated rings. The summed E-state index contributed by atoms with van der Waals surface area (Å²) in [6.07, 6.45) is 6.52. The zero-order chi connectivity index (χ0) is 9.40. The van der Waals surface area contributed by atoms with Gasteiger partial charge in [0.25, 0.3) is 0 Å². The van der Waals surface area contributed by atoms with Gasteiger partial charge >= 0.3 is 0 Å². The van der Waals surface area contributed by atoms with E-state index in [1.165, 1.54) is 32.1 Å². The molecule has 0 amide bonds. The first-order chi connectivity index (χ1) is 5.76. The molecule has 0 saturated heterocycles. The van der Waals surface area contributed by atoms with Crippen LogP contribution in [-0.4, -0.2) is 11.7 Å². The summed E-state index contributed by atoms with van der Waals surface area (Å²) in [6.45, 7) is 6.90. The number of aliphatic hydroxyl groups is 1. The second-order valence-corrected chi connectivity index (χ2v) is 3.91. The number of rotatable bonds is 1. The van der Waals surface area contributed by atoms with Gasteiger partial charge in [-0.1, -0.05) is 46.5 Å². The minimum Gasteiger partial charge on any atom is -0.396 e. The summed E-state index contributed by atoms with van der Waals surface area (Å²) in [6, 6.07) is 0. The summed E-state index contributed by atoms with van der Waals surface area (Å²) >= 11 is 0. The zero-order valence-corrected chi connectivity index (χ0v) is 8.84. The molecule has 0 spiro atoms. The summed E-state index contributed by atoms with van der Waals surface area (Å²) in [5.74, 6) is 1.38. The largest absolute Gasteiger partial charge is 0.396 e. The Morgan fingerprint density at radius 1 is 1.17 bits per heavy atom. The van der Waals surface area contributed by atoms with Gasteiger partial charge in [0.15, 0.2) is 0 Å². The molecule has 1 aliphatic rings. The van der Waals surface area contributed by atoms with Crippen LogP contribution in [0, 0.1) is 11.8 Å². The second-order valence-electron chi connectivity index (χ2n) is 3.91. The lowest BCUT2D eigenvalue weighted by Crippen LogP contribution is -2.19. The highest BCUT2D eigenvalue weighted by Gasteiger charge is 2.19. The number of aliphatic hydroxyl groups excluding tert-OH is 1. The van der Waals surface area contributed by atoms with E-state index in [9.17, 15) is 0 Å². The molecular weight excluding hydrogens is 148 g/mol. The molecule has 0 heterocycles. The third kappa shape index (κ3) is 4.76. The van der Waals surface area contributed by atoms with E-state index >= 15 is 0 Å². The second kappa shape index (κ2) is 7.60. The molecule has 0 radical (unpaired) electrons.